The van der Waals surface area contributed by atoms with Crippen molar-refractivity contribution >= 4 is 27.5 Å². The second kappa shape index (κ2) is 6.96. The number of carbonyl (C=O) groups is 1. The number of aromatic nitrogens is 1. The molecular weight excluding hydrogens is 328 g/mol. The van der Waals surface area contributed by atoms with Crippen LogP contribution < -0.4 is 0 Å². The highest BCUT2D eigenvalue weighted by molar-refractivity contribution is 7.18. The van der Waals surface area contributed by atoms with E-state index in [-0.39, 0.29) is 11.9 Å². The highest BCUT2D eigenvalue weighted by atomic mass is 32.1. The maximum absolute atomic E-state index is 12.6. The summed E-state index contributed by atoms with van der Waals surface area (Å²) < 4.78 is 1.23. The second-order valence-electron chi connectivity index (χ2n) is 6.69. The SMILES string of the molecule is CN(C(=O)CCCc1nc2ccccc2s1)[C@@H]1CCc2ccccc21. The van der Waals surface area contributed by atoms with Gasteiger partial charge in [-0.3, -0.25) is 4.79 Å². The van der Waals surface area contributed by atoms with E-state index in [4.69, 9.17) is 0 Å². The van der Waals surface area contributed by atoms with Crippen molar-refractivity contribution in [3.63, 3.8) is 0 Å². The average molecular weight is 350 g/mol. The van der Waals surface area contributed by atoms with Crippen molar-refractivity contribution < 1.29 is 4.79 Å². The van der Waals surface area contributed by atoms with Gasteiger partial charge in [-0.1, -0.05) is 36.4 Å². The van der Waals surface area contributed by atoms with Gasteiger partial charge in [0.15, 0.2) is 0 Å². The first-order valence-electron chi connectivity index (χ1n) is 8.90. The highest BCUT2D eigenvalue weighted by Gasteiger charge is 2.27. The number of hydrogen-bond acceptors (Lipinski definition) is 3. The Balaban J connectivity index is 1.34. The van der Waals surface area contributed by atoms with Crippen LogP contribution in [0.5, 0.6) is 0 Å². The van der Waals surface area contributed by atoms with Crippen LogP contribution in [-0.2, 0) is 17.6 Å². The Labute approximate surface area is 152 Å². The predicted molar refractivity (Wildman–Crippen MR) is 103 cm³/mol. The zero-order chi connectivity index (χ0) is 17.2. The third-order valence-corrected chi connectivity index (χ3v) is 6.18. The lowest BCUT2D eigenvalue weighted by molar-refractivity contribution is -0.132. The van der Waals surface area contributed by atoms with Crippen LogP contribution in [0.1, 0.15) is 41.4 Å². The first-order chi connectivity index (χ1) is 12.2. The lowest BCUT2D eigenvalue weighted by atomic mass is 10.1. The van der Waals surface area contributed by atoms with Crippen LogP contribution in [0.2, 0.25) is 0 Å². The Bertz CT molecular complexity index is 869. The van der Waals surface area contributed by atoms with Gasteiger partial charge in [0.1, 0.15) is 0 Å². The van der Waals surface area contributed by atoms with Crippen LogP contribution in [0, 0.1) is 0 Å². The van der Waals surface area contributed by atoms with E-state index in [1.807, 2.05) is 30.1 Å². The van der Waals surface area contributed by atoms with E-state index in [0.29, 0.717) is 6.42 Å². The summed E-state index contributed by atoms with van der Waals surface area (Å²) in [5.74, 6) is 0.239. The molecule has 2 aromatic carbocycles. The summed E-state index contributed by atoms with van der Waals surface area (Å²) in [5, 5.41) is 1.13. The third-order valence-electron chi connectivity index (χ3n) is 5.08. The molecule has 0 saturated heterocycles. The zero-order valence-electron chi connectivity index (χ0n) is 14.4. The number of fused-ring (bicyclic) bond motifs is 2. The maximum atomic E-state index is 12.6. The van der Waals surface area contributed by atoms with Gasteiger partial charge < -0.3 is 4.90 Å². The first-order valence-corrected chi connectivity index (χ1v) is 9.72. The predicted octanol–water partition coefficient (Wildman–Crippen LogP) is 4.76. The van der Waals surface area contributed by atoms with Crippen LogP contribution in [-0.4, -0.2) is 22.8 Å². The van der Waals surface area contributed by atoms with Crippen molar-refractivity contribution in [3.05, 3.63) is 64.7 Å². The molecule has 25 heavy (non-hydrogen) atoms. The van der Waals surface area contributed by atoms with E-state index in [9.17, 15) is 4.79 Å². The number of aryl methyl sites for hydroxylation is 2. The van der Waals surface area contributed by atoms with Crippen LogP contribution in [0.25, 0.3) is 10.2 Å². The summed E-state index contributed by atoms with van der Waals surface area (Å²) in [5.41, 5.74) is 3.78. The van der Waals surface area contributed by atoms with Gasteiger partial charge in [0.05, 0.1) is 21.3 Å². The molecule has 0 aliphatic heterocycles. The van der Waals surface area contributed by atoms with Crippen LogP contribution in [0.3, 0.4) is 0 Å². The summed E-state index contributed by atoms with van der Waals surface area (Å²) in [6, 6.07) is 17.0. The number of amides is 1. The smallest absolute Gasteiger partial charge is 0.222 e. The molecule has 0 radical (unpaired) electrons. The van der Waals surface area contributed by atoms with Gasteiger partial charge in [-0.2, -0.15) is 0 Å². The quantitative estimate of drug-likeness (QED) is 0.664. The molecule has 128 valence electrons. The van der Waals surface area contributed by atoms with E-state index < -0.39 is 0 Å². The van der Waals surface area contributed by atoms with Crippen LogP contribution >= 0.6 is 11.3 Å². The Morgan fingerprint density at radius 3 is 2.88 bits per heavy atom. The minimum Gasteiger partial charge on any atom is -0.339 e. The van der Waals surface area contributed by atoms with E-state index in [0.717, 1.165) is 36.2 Å². The lowest BCUT2D eigenvalue weighted by Crippen LogP contribution is -2.29. The molecule has 1 aliphatic rings. The molecular formula is C21H22N2OS. The van der Waals surface area contributed by atoms with E-state index in [1.165, 1.54) is 15.8 Å². The number of thiazole rings is 1. The summed E-state index contributed by atoms with van der Waals surface area (Å²) in [6.45, 7) is 0. The van der Waals surface area contributed by atoms with Crippen LogP contribution in [0.4, 0.5) is 0 Å². The van der Waals surface area contributed by atoms with Gasteiger partial charge >= 0.3 is 0 Å². The molecule has 3 aromatic rings. The highest BCUT2D eigenvalue weighted by Crippen LogP contribution is 2.35. The zero-order valence-corrected chi connectivity index (χ0v) is 15.3. The van der Waals surface area contributed by atoms with Gasteiger partial charge in [0.25, 0.3) is 0 Å². The normalized spacial score (nSPS) is 16.1. The van der Waals surface area contributed by atoms with Crippen molar-refractivity contribution in [2.24, 2.45) is 0 Å². The molecule has 0 spiro atoms. The van der Waals surface area contributed by atoms with Crippen molar-refractivity contribution in [1.29, 1.82) is 0 Å². The number of para-hydroxylation sites is 1. The van der Waals surface area contributed by atoms with Gasteiger partial charge in [0.2, 0.25) is 5.91 Å². The van der Waals surface area contributed by atoms with Gasteiger partial charge in [-0.15, -0.1) is 11.3 Å². The molecule has 0 N–H and O–H groups in total. The fraction of sp³-hybridized carbons (Fsp3) is 0.333. The lowest BCUT2D eigenvalue weighted by Gasteiger charge is -2.25. The minimum absolute atomic E-state index is 0.239. The molecule has 0 fully saturated rings. The Hall–Kier alpha value is -2.20. The summed E-state index contributed by atoms with van der Waals surface area (Å²) in [4.78, 5) is 19.2. The Morgan fingerprint density at radius 2 is 2.00 bits per heavy atom. The fourth-order valence-corrected chi connectivity index (χ4v) is 4.71. The minimum atomic E-state index is 0.239. The summed E-state index contributed by atoms with van der Waals surface area (Å²) >= 11 is 1.74. The Morgan fingerprint density at radius 1 is 1.20 bits per heavy atom. The van der Waals surface area contributed by atoms with Crippen molar-refractivity contribution in [3.8, 4) is 0 Å². The van der Waals surface area contributed by atoms with Crippen molar-refractivity contribution in [2.45, 2.75) is 38.1 Å². The number of carbonyl (C=O) groups excluding carboxylic acids is 1. The number of hydrogen-bond donors (Lipinski definition) is 0. The molecule has 0 bridgehead atoms. The molecule has 1 aromatic heterocycles. The molecule has 0 unspecified atom stereocenters. The topological polar surface area (TPSA) is 33.2 Å². The molecule has 3 nitrogen and oxygen atoms in total. The number of nitrogens with zero attached hydrogens (tertiary/aromatic N) is 2. The number of rotatable bonds is 5. The van der Waals surface area contributed by atoms with Gasteiger partial charge in [-0.05, 0) is 48.9 Å². The molecule has 0 saturated carbocycles. The standard InChI is InChI=1S/C21H22N2OS/c1-23(18-14-13-15-7-2-3-8-16(15)18)21(24)12-6-11-20-22-17-9-4-5-10-19(17)25-20/h2-5,7-10,18H,6,11-14H2,1H3/t18-/m1/s1. The van der Waals surface area contributed by atoms with Crippen molar-refractivity contribution in [1.82, 2.24) is 9.88 Å². The van der Waals surface area contributed by atoms with E-state index in [2.05, 4.69) is 35.3 Å². The second-order valence-corrected chi connectivity index (χ2v) is 7.80. The molecule has 1 aliphatic carbocycles. The first kappa shape index (κ1) is 16.3. The van der Waals surface area contributed by atoms with E-state index in [1.54, 1.807) is 11.3 Å². The average Bonchev–Trinajstić information content (AvgIpc) is 3.24. The molecule has 1 heterocycles. The van der Waals surface area contributed by atoms with E-state index >= 15 is 0 Å². The summed E-state index contributed by atoms with van der Waals surface area (Å²) in [7, 11) is 1.95. The Kier molecular flexibility index (Phi) is 4.53. The largest absolute Gasteiger partial charge is 0.339 e. The monoisotopic (exact) mass is 350 g/mol. The van der Waals surface area contributed by atoms with Gasteiger partial charge in [-0.25, -0.2) is 4.98 Å². The van der Waals surface area contributed by atoms with Crippen LogP contribution in [0.15, 0.2) is 48.5 Å². The maximum Gasteiger partial charge on any atom is 0.222 e. The molecule has 1 amide bonds. The fourth-order valence-electron chi connectivity index (χ4n) is 3.70. The summed E-state index contributed by atoms with van der Waals surface area (Å²) in [6.07, 6.45) is 4.44. The number of benzene rings is 2. The third kappa shape index (κ3) is 3.31. The molecule has 4 heteroatoms. The molecule has 1 atom stereocenters. The molecule has 4 rings (SSSR count). The van der Waals surface area contributed by atoms with Crippen molar-refractivity contribution in [2.75, 3.05) is 7.05 Å². The van der Waals surface area contributed by atoms with Gasteiger partial charge in [0, 0.05) is 13.5 Å².